The summed E-state index contributed by atoms with van der Waals surface area (Å²) in [6, 6.07) is 13.4. The van der Waals surface area contributed by atoms with Gasteiger partial charge in [-0.25, -0.2) is 0 Å². The van der Waals surface area contributed by atoms with E-state index in [0.29, 0.717) is 5.69 Å². The molecular weight excluding hydrogens is 338 g/mol. The van der Waals surface area contributed by atoms with Crippen LogP contribution in [-0.2, 0) is 16.0 Å². The number of benzene rings is 2. The van der Waals surface area contributed by atoms with Crippen LogP contribution in [0.25, 0.3) is 0 Å². The maximum absolute atomic E-state index is 12.9. The second-order valence-corrected chi connectivity index (χ2v) is 7.44. The lowest BCUT2D eigenvalue weighted by atomic mass is 9.90. The molecule has 0 aliphatic heterocycles. The van der Waals surface area contributed by atoms with Crippen LogP contribution in [-0.4, -0.2) is 25.9 Å². The van der Waals surface area contributed by atoms with Crippen LogP contribution < -0.4 is 15.5 Å². The van der Waals surface area contributed by atoms with Gasteiger partial charge in [0.2, 0.25) is 11.8 Å². The first-order valence-electron chi connectivity index (χ1n) is 9.15. The minimum absolute atomic E-state index is 0.325. The van der Waals surface area contributed by atoms with Crippen LogP contribution in [0, 0.1) is 12.3 Å². The Labute approximate surface area is 161 Å². The quantitative estimate of drug-likeness (QED) is 0.751. The van der Waals surface area contributed by atoms with E-state index in [1.807, 2.05) is 75.3 Å². The molecule has 2 rings (SSSR count). The number of para-hydroxylation sites is 1. The highest BCUT2D eigenvalue weighted by molar-refractivity contribution is 6.14. The lowest BCUT2D eigenvalue weighted by molar-refractivity contribution is -0.135. The zero-order valence-corrected chi connectivity index (χ0v) is 17.0. The number of aryl methyl sites for hydroxylation is 2. The number of carbonyl (C=O) groups excluding carboxylic acids is 2. The number of rotatable bonds is 6. The van der Waals surface area contributed by atoms with Crippen LogP contribution in [0.2, 0.25) is 0 Å². The highest BCUT2D eigenvalue weighted by Gasteiger charge is 2.36. The third-order valence-electron chi connectivity index (χ3n) is 4.76. The molecule has 2 amide bonds. The molecule has 144 valence electrons. The number of nitrogens with one attached hydrogen (secondary N) is 2. The van der Waals surface area contributed by atoms with Crippen molar-refractivity contribution in [2.75, 3.05) is 29.6 Å². The summed E-state index contributed by atoms with van der Waals surface area (Å²) in [5.74, 6) is -0.668. The number of amides is 2. The van der Waals surface area contributed by atoms with Crippen molar-refractivity contribution < 1.29 is 9.59 Å². The van der Waals surface area contributed by atoms with E-state index in [1.54, 1.807) is 13.8 Å². The van der Waals surface area contributed by atoms with E-state index in [1.165, 1.54) is 0 Å². The zero-order chi connectivity index (χ0) is 20.2. The van der Waals surface area contributed by atoms with Gasteiger partial charge >= 0.3 is 0 Å². The molecular formula is C22H29N3O2. The molecule has 0 bridgehead atoms. The van der Waals surface area contributed by atoms with Crippen LogP contribution >= 0.6 is 0 Å². The molecule has 2 N–H and O–H groups in total. The fourth-order valence-electron chi connectivity index (χ4n) is 2.71. The van der Waals surface area contributed by atoms with Crippen molar-refractivity contribution in [3.05, 3.63) is 53.6 Å². The Morgan fingerprint density at radius 2 is 1.56 bits per heavy atom. The number of hydrogen-bond donors (Lipinski definition) is 2. The van der Waals surface area contributed by atoms with Gasteiger partial charge in [0.25, 0.3) is 0 Å². The summed E-state index contributed by atoms with van der Waals surface area (Å²) in [7, 11) is 3.91. The Kier molecular flexibility index (Phi) is 6.26. The predicted molar refractivity (Wildman–Crippen MR) is 112 cm³/mol. The van der Waals surface area contributed by atoms with Crippen LogP contribution in [0.3, 0.4) is 0 Å². The minimum atomic E-state index is -1.21. The second kappa shape index (κ2) is 8.25. The SMILES string of the molecule is CCc1cccc(C)c1NC(=O)C(C)(C)C(=O)Nc1ccc(N(C)C)cc1. The van der Waals surface area contributed by atoms with Crippen LogP contribution in [0.15, 0.2) is 42.5 Å². The van der Waals surface area contributed by atoms with Crippen molar-refractivity contribution in [3.63, 3.8) is 0 Å². The fourth-order valence-corrected chi connectivity index (χ4v) is 2.71. The topological polar surface area (TPSA) is 61.4 Å². The number of hydrogen-bond acceptors (Lipinski definition) is 3. The molecule has 5 heteroatoms. The molecule has 0 saturated carbocycles. The minimum Gasteiger partial charge on any atom is -0.378 e. The summed E-state index contributed by atoms with van der Waals surface area (Å²) >= 11 is 0. The molecule has 0 aliphatic rings. The zero-order valence-electron chi connectivity index (χ0n) is 17.0. The van der Waals surface area contributed by atoms with Crippen molar-refractivity contribution in [2.45, 2.75) is 34.1 Å². The standard InChI is InChI=1S/C22H29N3O2/c1-7-16-10-8-9-15(2)19(16)24-21(27)22(3,4)20(26)23-17-11-13-18(14-12-17)25(5)6/h8-14H,7H2,1-6H3,(H,23,26)(H,24,27). The maximum atomic E-state index is 12.9. The van der Waals surface area contributed by atoms with Crippen LogP contribution in [0.1, 0.15) is 31.9 Å². The monoisotopic (exact) mass is 367 g/mol. The second-order valence-electron chi connectivity index (χ2n) is 7.44. The first-order chi connectivity index (χ1) is 12.7. The van der Waals surface area contributed by atoms with E-state index < -0.39 is 5.41 Å². The first kappa shape index (κ1) is 20.5. The largest absolute Gasteiger partial charge is 0.378 e. The van der Waals surface area contributed by atoms with Gasteiger partial charge in [-0.1, -0.05) is 25.1 Å². The maximum Gasteiger partial charge on any atom is 0.239 e. The third-order valence-corrected chi connectivity index (χ3v) is 4.76. The lowest BCUT2D eigenvalue weighted by Crippen LogP contribution is -2.41. The molecule has 0 saturated heterocycles. The van der Waals surface area contributed by atoms with Gasteiger partial charge in [-0.15, -0.1) is 0 Å². The van der Waals surface area contributed by atoms with E-state index in [2.05, 4.69) is 10.6 Å². The Balaban J connectivity index is 2.14. The lowest BCUT2D eigenvalue weighted by Gasteiger charge is -2.24. The van der Waals surface area contributed by atoms with Gasteiger partial charge in [-0.2, -0.15) is 0 Å². The Morgan fingerprint density at radius 3 is 2.11 bits per heavy atom. The van der Waals surface area contributed by atoms with E-state index in [-0.39, 0.29) is 11.8 Å². The highest BCUT2D eigenvalue weighted by Crippen LogP contribution is 2.26. The summed E-state index contributed by atoms with van der Waals surface area (Å²) in [5.41, 5.74) is 3.32. The average molecular weight is 367 g/mol. The number of carbonyl (C=O) groups is 2. The van der Waals surface area contributed by atoms with Gasteiger partial charge in [0.1, 0.15) is 5.41 Å². The molecule has 0 fully saturated rings. The van der Waals surface area contributed by atoms with Gasteiger partial charge in [0, 0.05) is 31.2 Å². The van der Waals surface area contributed by atoms with E-state index >= 15 is 0 Å². The van der Waals surface area contributed by atoms with E-state index in [9.17, 15) is 9.59 Å². The summed E-state index contributed by atoms with van der Waals surface area (Å²) in [6.45, 7) is 7.26. The van der Waals surface area contributed by atoms with Crippen molar-refractivity contribution in [3.8, 4) is 0 Å². The molecule has 0 aliphatic carbocycles. The summed E-state index contributed by atoms with van der Waals surface area (Å²) in [5, 5.41) is 5.79. The van der Waals surface area contributed by atoms with Crippen LogP contribution in [0.4, 0.5) is 17.1 Å². The van der Waals surface area contributed by atoms with Gasteiger partial charge < -0.3 is 15.5 Å². The fraction of sp³-hybridized carbons (Fsp3) is 0.364. The smallest absolute Gasteiger partial charge is 0.239 e. The first-order valence-corrected chi connectivity index (χ1v) is 9.15. The van der Waals surface area contributed by atoms with Gasteiger partial charge in [-0.3, -0.25) is 9.59 Å². The molecule has 0 spiro atoms. The summed E-state index contributed by atoms with van der Waals surface area (Å²) < 4.78 is 0. The van der Waals surface area contributed by atoms with E-state index in [0.717, 1.165) is 28.9 Å². The predicted octanol–water partition coefficient (Wildman–Crippen LogP) is 4.23. The molecule has 27 heavy (non-hydrogen) atoms. The molecule has 0 heterocycles. The molecule has 2 aromatic rings. The Hall–Kier alpha value is -2.82. The van der Waals surface area contributed by atoms with Crippen molar-refractivity contribution in [2.24, 2.45) is 5.41 Å². The van der Waals surface area contributed by atoms with Crippen molar-refractivity contribution >= 4 is 28.9 Å². The number of nitrogens with zero attached hydrogens (tertiary/aromatic N) is 1. The molecule has 0 unspecified atom stereocenters. The highest BCUT2D eigenvalue weighted by atomic mass is 16.2. The molecule has 0 radical (unpaired) electrons. The number of anilines is 3. The van der Waals surface area contributed by atoms with Gasteiger partial charge in [0.05, 0.1) is 0 Å². The molecule has 0 aromatic heterocycles. The Morgan fingerprint density at radius 1 is 0.963 bits per heavy atom. The van der Waals surface area contributed by atoms with Crippen molar-refractivity contribution in [1.82, 2.24) is 0 Å². The van der Waals surface area contributed by atoms with Crippen molar-refractivity contribution in [1.29, 1.82) is 0 Å². The normalized spacial score (nSPS) is 11.0. The third kappa shape index (κ3) is 4.67. The van der Waals surface area contributed by atoms with E-state index in [4.69, 9.17) is 0 Å². The summed E-state index contributed by atoms with van der Waals surface area (Å²) in [4.78, 5) is 27.6. The van der Waals surface area contributed by atoms with Gasteiger partial charge in [-0.05, 0) is 62.6 Å². The van der Waals surface area contributed by atoms with Gasteiger partial charge in [0.15, 0.2) is 0 Å². The molecule has 2 aromatic carbocycles. The Bertz CT molecular complexity index is 824. The van der Waals surface area contributed by atoms with Crippen LogP contribution in [0.5, 0.6) is 0 Å². The molecule has 0 atom stereocenters. The summed E-state index contributed by atoms with van der Waals surface area (Å²) in [6.07, 6.45) is 0.808. The molecule has 5 nitrogen and oxygen atoms in total. The average Bonchev–Trinajstić information content (AvgIpc) is 2.63.